The number of hydrogen-bond donors (Lipinski definition) is 1. The van der Waals surface area contributed by atoms with Gasteiger partial charge in [0.15, 0.2) is 0 Å². The summed E-state index contributed by atoms with van der Waals surface area (Å²) in [6, 6.07) is 5.68. The summed E-state index contributed by atoms with van der Waals surface area (Å²) in [4.78, 5) is 3.41. The van der Waals surface area contributed by atoms with Crippen molar-refractivity contribution in [3.63, 3.8) is 0 Å². The van der Waals surface area contributed by atoms with Crippen LogP contribution < -0.4 is 15.5 Å². The van der Waals surface area contributed by atoms with Gasteiger partial charge in [-0.2, -0.15) is 13.2 Å². The largest absolute Gasteiger partial charge is 0.408 e. The molecule has 1 aromatic rings. The third-order valence-electron chi connectivity index (χ3n) is 3.47. The van der Waals surface area contributed by atoms with E-state index in [2.05, 4.69) is 0 Å². The summed E-state index contributed by atoms with van der Waals surface area (Å²) in [7, 11) is 1.89. The molecular formula is C13H18F3N3. The standard InChI is InChI=1S/C13H18F3N3/c1-18-8-9-19(11-5-3-2-4-10(11)18)12(6-7-17)13(14,15)16/h2-5,12H,6-9,17H2,1H3. The van der Waals surface area contributed by atoms with Gasteiger partial charge in [-0.05, 0) is 25.1 Å². The van der Waals surface area contributed by atoms with Gasteiger partial charge in [0.05, 0.1) is 11.4 Å². The zero-order chi connectivity index (χ0) is 14.0. The normalized spacial score (nSPS) is 17.3. The lowest BCUT2D eigenvalue weighted by molar-refractivity contribution is -0.149. The summed E-state index contributed by atoms with van der Waals surface area (Å²) in [5.74, 6) is 0. The van der Waals surface area contributed by atoms with Crippen LogP contribution in [-0.4, -0.2) is 38.9 Å². The van der Waals surface area contributed by atoms with Gasteiger partial charge in [0.25, 0.3) is 0 Å². The third kappa shape index (κ3) is 2.78. The highest BCUT2D eigenvalue weighted by atomic mass is 19.4. The number of likely N-dealkylation sites (N-methyl/N-ethyl adjacent to an activating group) is 1. The molecule has 1 atom stereocenters. The maximum atomic E-state index is 13.2. The highest BCUT2D eigenvalue weighted by molar-refractivity contribution is 5.73. The lowest BCUT2D eigenvalue weighted by Crippen LogP contribution is -2.52. The zero-order valence-electron chi connectivity index (χ0n) is 10.8. The van der Waals surface area contributed by atoms with Gasteiger partial charge in [-0.3, -0.25) is 0 Å². The van der Waals surface area contributed by atoms with E-state index in [0.717, 1.165) is 5.69 Å². The lowest BCUT2D eigenvalue weighted by atomic mass is 10.1. The van der Waals surface area contributed by atoms with Crippen molar-refractivity contribution in [1.82, 2.24) is 0 Å². The van der Waals surface area contributed by atoms with Crippen LogP contribution in [0.4, 0.5) is 24.5 Å². The molecule has 0 aliphatic carbocycles. The van der Waals surface area contributed by atoms with Gasteiger partial charge in [0.1, 0.15) is 6.04 Å². The molecule has 0 amide bonds. The molecule has 19 heavy (non-hydrogen) atoms. The van der Waals surface area contributed by atoms with Crippen molar-refractivity contribution >= 4 is 11.4 Å². The fourth-order valence-corrected chi connectivity index (χ4v) is 2.51. The Bertz CT molecular complexity index is 433. The topological polar surface area (TPSA) is 32.5 Å². The van der Waals surface area contributed by atoms with Crippen LogP contribution in [0.2, 0.25) is 0 Å². The zero-order valence-corrected chi connectivity index (χ0v) is 10.8. The molecule has 0 bridgehead atoms. The van der Waals surface area contributed by atoms with E-state index >= 15 is 0 Å². The van der Waals surface area contributed by atoms with Crippen molar-refractivity contribution in [2.24, 2.45) is 5.73 Å². The van der Waals surface area contributed by atoms with E-state index in [9.17, 15) is 13.2 Å². The van der Waals surface area contributed by atoms with E-state index in [1.807, 2.05) is 24.1 Å². The highest BCUT2D eigenvalue weighted by Gasteiger charge is 2.44. The summed E-state index contributed by atoms with van der Waals surface area (Å²) >= 11 is 0. The van der Waals surface area contributed by atoms with Crippen LogP contribution >= 0.6 is 0 Å². The van der Waals surface area contributed by atoms with Gasteiger partial charge in [0, 0.05) is 20.1 Å². The minimum Gasteiger partial charge on any atom is -0.371 e. The Balaban J connectivity index is 2.37. The molecule has 3 nitrogen and oxygen atoms in total. The summed E-state index contributed by atoms with van der Waals surface area (Å²) in [6.45, 7) is 0.963. The predicted octanol–water partition coefficient (Wildman–Crippen LogP) is 2.22. The van der Waals surface area contributed by atoms with Gasteiger partial charge in [-0.15, -0.1) is 0 Å². The molecule has 1 aliphatic rings. The molecule has 0 saturated heterocycles. The SMILES string of the molecule is CN1CCN(C(CCN)C(F)(F)F)c2ccccc21. The molecule has 1 unspecified atom stereocenters. The summed E-state index contributed by atoms with van der Waals surface area (Å²) in [5.41, 5.74) is 6.81. The van der Waals surface area contributed by atoms with Crippen LogP contribution in [0.1, 0.15) is 6.42 Å². The Hall–Kier alpha value is -1.43. The lowest BCUT2D eigenvalue weighted by Gasteiger charge is -2.42. The van der Waals surface area contributed by atoms with Crippen LogP contribution in [0.5, 0.6) is 0 Å². The number of nitrogens with two attached hydrogens (primary N) is 1. The first kappa shape index (κ1) is 14.0. The first-order valence-corrected chi connectivity index (χ1v) is 6.28. The van der Waals surface area contributed by atoms with Crippen molar-refractivity contribution in [2.45, 2.75) is 18.6 Å². The van der Waals surface area contributed by atoms with Crippen molar-refractivity contribution < 1.29 is 13.2 Å². The number of fused-ring (bicyclic) bond motifs is 1. The number of halogens is 3. The van der Waals surface area contributed by atoms with Gasteiger partial charge in [0.2, 0.25) is 0 Å². The summed E-state index contributed by atoms with van der Waals surface area (Å²) in [5, 5.41) is 0. The van der Waals surface area contributed by atoms with E-state index < -0.39 is 12.2 Å². The van der Waals surface area contributed by atoms with E-state index in [-0.39, 0.29) is 13.0 Å². The maximum absolute atomic E-state index is 13.2. The molecule has 6 heteroatoms. The average molecular weight is 273 g/mol. The minimum absolute atomic E-state index is 0.0265. The Labute approximate surface area is 110 Å². The number of nitrogens with zero attached hydrogens (tertiary/aromatic N) is 2. The number of hydrogen-bond acceptors (Lipinski definition) is 3. The molecular weight excluding hydrogens is 255 g/mol. The molecule has 0 radical (unpaired) electrons. The molecule has 2 rings (SSSR count). The van der Waals surface area contributed by atoms with E-state index in [4.69, 9.17) is 5.73 Å². The van der Waals surface area contributed by atoms with Crippen molar-refractivity contribution in [2.75, 3.05) is 36.5 Å². The molecule has 0 saturated carbocycles. The fraction of sp³-hybridized carbons (Fsp3) is 0.538. The maximum Gasteiger partial charge on any atom is 0.408 e. The Kier molecular flexibility index (Phi) is 3.89. The van der Waals surface area contributed by atoms with Gasteiger partial charge in [-0.1, -0.05) is 12.1 Å². The molecule has 0 fully saturated rings. The molecule has 0 aromatic heterocycles. The second-order valence-electron chi connectivity index (χ2n) is 4.74. The number of rotatable bonds is 3. The van der Waals surface area contributed by atoms with Crippen LogP contribution in [0.15, 0.2) is 24.3 Å². The van der Waals surface area contributed by atoms with Crippen molar-refractivity contribution in [3.8, 4) is 0 Å². The molecule has 106 valence electrons. The van der Waals surface area contributed by atoms with Crippen LogP contribution in [0.25, 0.3) is 0 Å². The Morgan fingerprint density at radius 3 is 2.42 bits per heavy atom. The molecule has 2 N–H and O–H groups in total. The summed E-state index contributed by atoms with van der Waals surface area (Å²) < 4.78 is 39.5. The average Bonchev–Trinajstić information content (AvgIpc) is 2.36. The Morgan fingerprint density at radius 2 is 1.84 bits per heavy atom. The van der Waals surface area contributed by atoms with Gasteiger partial charge >= 0.3 is 6.18 Å². The number of benzene rings is 1. The van der Waals surface area contributed by atoms with E-state index in [1.165, 1.54) is 4.90 Å². The Morgan fingerprint density at radius 1 is 1.21 bits per heavy atom. The van der Waals surface area contributed by atoms with Crippen molar-refractivity contribution in [3.05, 3.63) is 24.3 Å². The number of para-hydroxylation sites is 2. The predicted molar refractivity (Wildman–Crippen MR) is 70.6 cm³/mol. The number of alkyl halides is 3. The van der Waals surface area contributed by atoms with Gasteiger partial charge < -0.3 is 15.5 Å². The van der Waals surface area contributed by atoms with Crippen LogP contribution in [0, 0.1) is 0 Å². The minimum atomic E-state index is -4.26. The second-order valence-corrected chi connectivity index (χ2v) is 4.74. The monoisotopic (exact) mass is 273 g/mol. The van der Waals surface area contributed by atoms with Crippen LogP contribution in [0.3, 0.4) is 0 Å². The highest BCUT2D eigenvalue weighted by Crippen LogP contribution is 2.37. The third-order valence-corrected chi connectivity index (χ3v) is 3.47. The fourth-order valence-electron chi connectivity index (χ4n) is 2.51. The number of anilines is 2. The van der Waals surface area contributed by atoms with E-state index in [0.29, 0.717) is 18.8 Å². The molecule has 1 aliphatic heterocycles. The first-order valence-electron chi connectivity index (χ1n) is 6.28. The molecule has 0 spiro atoms. The molecule has 1 heterocycles. The van der Waals surface area contributed by atoms with Crippen molar-refractivity contribution in [1.29, 1.82) is 0 Å². The quantitative estimate of drug-likeness (QED) is 0.916. The summed E-state index contributed by atoms with van der Waals surface area (Å²) in [6.07, 6.45) is -4.34. The first-order chi connectivity index (χ1) is 8.95. The smallest absolute Gasteiger partial charge is 0.371 e. The van der Waals surface area contributed by atoms with E-state index in [1.54, 1.807) is 12.1 Å². The molecule has 1 aromatic carbocycles. The van der Waals surface area contributed by atoms with Gasteiger partial charge in [-0.25, -0.2) is 0 Å². The second kappa shape index (κ2) is 5.28. The van der Waals surface area contributed by atoms with Crippen LogP contribution in [-0.2, 0) is 0 Å².